The number of hydrogen-bond donors (Lipinski definition) is 2. The molecule has 2 heteroatoms. The fraction of sp³-hybridized carbons (Fsp3) is 0.217. The molecule has 0 bridgehead atoms. The lowest BCUT2D eigenvalue weighted by atomic mass is 9.97. The minimum absolute atomic E-state index is 0.278. The van der Waals surface area contributed by atoms with Gasteiger partial charge in [-0.2, -0.15) is 0 Å². The van der Waals surface area contributed by atoms with Gasteiger partial charge in [0.15, 0.2) is 0 Å². The van der Waals surface area contributed by atoms with Crippen LogP contribution in [0.25, 0.3) is 22.3 Å². The van der Waals surface area contributed by atoms with Crippen molar-refractivity contribution in [2.24, 2.45) is 0 Å². The number of hydrogen-bond acceptors (Lipinski definition) is 2. The second-order valence-electron chi connectivity index (χ2n) is 6.42. The molecular weight excluding hydrogens is 308 g/mol. The third-order valence-corrected chi connectivity index (χ3v) is 4.55. The molecule has 2 N–H and O–H groups in total. The topological polar surface area (TPSA) is 40.5 Å². The summed E-state index contributed by atoms with van der Waals surface area (Å²) < 4.78 is 0. The van der Waals surface area contributed by atoms with E-state index in [0.29, 0.717) is 5.75 Å². The Balaban J connectivity index is 1.82. The van der Waals surface area contributed by atoms with Gasteiger partial charge in [0.25, 0.3) is 0 Å². The highest BCUT2D eigenvalue weighted by Crippen LogP contribution is 2.29. The quantitative estimate of drug-likeness (QED) is 0.530. The van der Waals surface area contributed by atoms with Crippen LogP contribution in [0.3, 0.4) is 0 Å². The van der Waals surface area contributed by atoms with E-state index < -0.39 is 0 Å². The van der Waals surface area contributed by atoms with Gasteiger partial charge in [-0.3, -0.25) is 0 Å². The molecule has 0 aliphatic rings. The third-order valence-electron chi connectivity index (χ3n) is 4.55. The van der Waals surface area contributed by atoms with Gasteiger partial charge in [-0.25, -0.2) is 0 Å². The third kappa shape index (κ3) is 4.21. The Labute approximate surface area is 149 Å². The van der Waals surface area contributed by atoms with Crippen LogP contribution in [0.1, 0.15) is 31.7 Å². The summed E-state index contributed by atoms with van der Waals surface area (Å²) in [6, 6.07) is 21.5. The number of phenols is 2. The van der Waals surface area contributed by atoms with Crippen LogP contribution in [0.2, 0.25) is 0 Å². The smallest absolute Gasteiger partial charge is 0.118 e. The van der Waals surface area contributed by atoms with E-state index in [1.165, 1.54) is 12.8 Å². The molecule has 0 aliphatic heterocycles. The van der Waals surface area contributed by atoms with Gasteiger partial charge in [0.1, 0.15) is 11.5 Å². The SMILES string of the molecule is CCCCCc1cc(-c2ccc(-c3ccc(O)cc3)cc2)ccc1O. The van der Waals surface area contributed by atoms with Crippen molar-refractivity contribution in [3.05, 3.63) is 72.3 Å². The molecule has 25 heavy (non-hydrogen) atoms. The summed E-state index contributed by atoms with van der Waals surface area (Å²) in [5.41, 5.74) is 5.48. The second-order valence-corrected chi connectivity index (χ2v) is 6.42. The highest BCUT2D eigenvalue weighted by atomic mass is 16.3. The fourth-order valence-electron chi connectivity index (χ4n) is 3.04. The zero-order valence-electron chi connectivity index (χ0n) is 14.6. The Kier molecular flexibility index (Phi) is 5.39. The van der Waals surface area contributed by atoms with Crippen LogP contribution >= 0.6 is 0 Å². The zero-order valence-corrected chi connectivity index (χ0v) is 14.6. The maximum atomic E-state index is 10.1. The zero-order chi connectivity index (χ0) is 17.6. The largest absolute Gasteiger partial charge is 0.508 e. The molecule has 0 heterocycles. The molecule has 0 aliphatic carbocycles. The lowest BCUT2D eigenvalue weighted by molar-refractivity contribution is 0.466. The predicted molar refractivity (Wildman–Crippen MR) is 104 cm³/mol. The van der Waals surface area contributed by atoms with Crippen molar-refractivity contribution in [2.75, 3.05) is 0 Å². The Hall–Kier alpha value is -2.74. The highest BCUT2D eigenvalue weighted by Gasteiger charge is 2.06. The van der Waals surface area contributed by atoms with E-state index in [1.54, 1.807) is 18.2 Å². The molecule has 0 atom stereocenters. The molecule has 0 amide bonds. The van der Waals surface area contributed by atoms with Gasteiger partial charge >= 0.3 is 0 Å². The first kappa shape index (κ1) is 17.1. The minimum Gasteiger partial charge on any atom is -0.508 e. The number of rotatable bonds is 6. The summed E-state index contributed by atoms with van der Waals surface area (Å²) in [4.78, 5) is 0. The van der Waals surface area contributed by atoms with E-state index in [0.717, 1.165) is 40.7 Å². The van der Waals surface area contributed by atoms with Gasteiger partial charge in [-0.15, -0.1) is 0 Å². The van der Waals surface area contributed by atoms with Gasteiger partial charge in [-0.1, -0.05) is 62.2 Å². The van der Waals surface area contributed by atoms with Crippen molar-refractivity contribution >= 4 is 0 Å². The van der Waals surface area contributed by atoms with Crippen LogP contribution in [-0.4, -0.2) is 10.2 Å². The van der Waals surface area contributed by atoms with Crippen LogP contribution in [0.15, 0.2) is 66.7 Å². The van der Waals surface area contributed by atoms with Gasteiger partial charge in [0.05, 0.1) is 0 Å². The van der Waals surface area contributed by atoms with Crippen LogP contribution in [0.4, 0.5) is 0 Å². The summed E-state index contributed by atoms with van der Waals surface area (Å²) in [6.45, 7) is 2.19. The molecule has 128 valence electrons. The van der Waals surface area contributed by atoms with Crippen molar-refractivity contribution in [2.45, 2.75) is 32.6 Å². The molecule has 0 spiro atoms. The molecular formula is C23H24O2. The van der Waals surface area contributed by atoms with E-state index >= 15 is 0 Å². The predicted octanol–water partition coefficient (Wildman–Crippen LogP) is 6.16. The van der Waals surface area contributed by atoms with E-state index in [4.69, 9.17) is 0 Å². The van der Waals surface area contributed by atoms with Crippen LogP contribution in [0, 0.1) is 0 Å². The summed E-state index contributed by atoms with van der Waals surface area (Å²) in [6.07, 6.45) is 4.39. The normalized spacial score (nSPS) is 10.8. The van der Waals surface area contributed by atoms with Crippen molar-refractivity contribution < 1.29 is 10.2 Å². The van der Waals surface area contributed by atoms with E-state index in [1.807, 2.05) is 18.2 Å². The van der Waals surface area contributed by atoms with Crippen molar-refractivity contribution in [3.63, 3.8) is 0 Å². The standard InChI is InChI=1S/C23H24O2/c1-2-3-4-5-21-16-20(12-15-23(21)25)19-8-6-17(7-9-19)18-10-13-22(24)14-11-18/h6-16,24-25H,2-5H2,1H3. The second kappa shape index (κ2) is 7.89. The summed E-state index contributed by atoms with van der Waals surface area (Å²) in [5.74, 6) is 0.667. The van der Waals surface area contributed by atoms with Crippen molar-refractivity contribution in [3.8, 4) is 33.8 Å². The maximum Gasteiger partial charge on any atom is 0.118 e. The molecule has 0 radical (unpaired) electrons. The Morgan fingerprint density at radius 1 is 0.640 bits per heavy atom. The van der Waals surface area contributed by atoms with Crippen molar-refractivity contribution in [1.82, 2.24) is 0 Å². The Morgan fingerprint density at radius 2 is 1.16 bits per heavy atom. The van der Waals surface area contributed by atoms with E-state index in [2.05, 4.69) is 37.3 Å². The fourth-order valence-corrected chi connectivity index (χ4v) is 3.04. The first-order chi connectivity index (χ1) is 12.2. The summed E-state index contributed by atoms with van der Waals surface area (Å²) in [7, 11) is 0. The Morgan fingerprint density at radius 3 is 1.76 bits per heavy atom. The summed E-state index contributed by atoms with van der Waals surface area (Å²) in [5, 5.41) is 19.5. The molecule has 2 nitrogen and oxygen atoms in total. The summed E-state index contributed by atoms with van der Waals surface area (Å²) >= 11 is 0. The number of benzene rings is 3. The van der Waals surface area contributed by atoms with Gasteiger partial charge < -0.3 is 10.2 Å². The number of unbranched alkanes of at least 4 members (excludes halogenated alkanes) is 2. The Bertz CT molecular complexity index is 818. The minimum atomic E-state index is 0.278. The lowest BCUT2D eigenvalue weighted by Crippen LogP contribution is -1.88. The molecule has 3 aromatic carbocycles. The first-order valence-corrected chi connectivity index (χ1v) is 8.89. The average Bonchev–Trinajstić information content (AvgIpc) is 2.64. The molecule has 0 fully saturated rings. The number of aryl methyl sites for hydroxylation is 1. The monoisotopic (exact) mass is 332 g/mol. The van der Waals surface area contributed by atoms with Crippen LogP contribution in [-0.2, 0) is 6.42 Å². The molecule has 0 aromatic heterocycles. The van der Waals surface area contributed by atoms with Gasteiger partial charge in [0, 0.05) is 0 Å². The molecule has 0 unspecified atom stereocenters. The lowest BCUT2D eigenvalue weighted by Gasteiger charge is -2.09. The van der Waals surface area contributed by atoms with E-state index in [9.17, 15) is 10.2 Å². The molecule has 3 aromatic rings. The number of phenolic OH excluding ortho intramolecular Hbond substituents is 2. The number of aromatic hydroxyl groups is 2. The van der Waals surface area contributed by atoms with Crippen LogP contribution < -0.4 is 0 Å². The highest BCUT2D eigenvalue weighted by molar-refractivity contribution is 5.71. The molecule has 0 saturated carbocycles. The van der Waals surface area contributed by atoms with E-state index in [-0.39, 0.29) is 5.75 Å². The average molecular weight is 332 g/mol. The van der Waals surface area contributed by atoms with Gasteiger partial charge in [-0.05, 0) is 64.9 Å². The van der Waals surface area contributed by atoms with Crippen LogP contribution in [0.5, 0.6) is 11.5 Å². The molecule has 3 rings (SSSR count). The first-order valence-electron chi connectivity index (χ1n) is 8.89. The molecule has 0 saturated heterocycles. The van der Waals surface area contributed by atoms with Crippen molar-refractivity contribution in [1.29, 1.82) is 0 Å². The van der Waals surface area contributed by atoms with Gasteiger partial charge in [0.2, 0.25) is 0 Å². The maximum absolute atomic E-state index is 10.1.